The van der Waals surface area contributed by atoms with Crippen molar-refractivity contribution in [3.05, 3.63) is 24.7 Å². The Morgan fingerprint density at radius 1 is 1.15 bits per heavy atom. The van der Waals surface area contributed by atoms with E-state index in [2.05, 4.69) is 15.4 Å². The van der Waals surface area contributed by atoms with Gasteiger partial charge in [-0.3, -0.25) is 9.67 Å². The van der Waals surface area contributed by atoms with Gasteiger partial charge >= 0.3 is 12.2 Å². The fourth-order valence-electron chi connectivity index (χ4n) is 6.11. The number of nitrogens with zero attached hydrogens (tertiary/aromatic N) is 6. The number of pyridine rings is 1. The third kappa shape index (κ3) is 4.84. The van der Waals surface area contributed by atoms with Crippen molar-refractivity contribution in [2.75, 3.05) is 18.5 Å². The number of halogens is 4. The van der Waals surface area contributed by atoms with Crippen LogP contribution in [0.5, 0.6) is 0 Å². The van der Waals surface area contributed by atoms with Gasteiger partial charge in [0.15, 0.2) is 5.60 Å². The summed E-state index contributed by atoms with van der Waals surface area (Å²) in [5, 5.41) is 23.1. The van der Waals surface area contributed by atoms with Gasteiger partial charge in [0.25, 0.3) is 0 Å². The Kier molecular flexibility index (Phi) is 5.92. The molecule has 4 aliphatic rings. The monoisotopic (exact) mass is 577 g/mol. The summed E-state index contributed by atoms with van der Waals surface area (Å²) < 4.78 is 64.1. The molecule has 1 unspecified atom stereocenters. The number of carbonyl (C=O) groups is 1. The standard InChI is InChI=1S/C27H31F4N7O3/c28-24(4-5-24)16-36-13-17-12-32-19(11-18(17)34-36)22-20(14-38(35-22)21-3-1-2-10-41-21)33-23(39)37-9-8-26(40,27(29,30)31)15-25(37)6-7-25/h11-14,21,40H,1-10,15-16H2,(H,33,39)/t21?,26-/m1/s1. The van der Waals surface area contributed by atoms with Crippen molar-refractivity contribution in [3.8, 4) is 11.4 Å². The van der Waals surface area contributed by atoms with Gasteiger partial charge < -0.3 is 20.1 Å². The minimum atomic E-state index is -4.76. The maximum Gasteiger partial charge on any atom is 0.417 e. The lowest BCUT2D eigenvalue weighted by atomic mass is 9.84. The van der Waals surface area contributed by atoms with Crippen molar-refractivity contribution in [3.63, 3.8) is 0 Å². The van der Waals surface area contributed by atoms with Crippen LogP contribution < -0.4 is 5.32 Å². The molecule has 2 aliphatic heterocycles. The van der Waals surface area contributed by atoms with Gasteiger partial charge in [-0.1, -0.05) is 0 Å². The topological polar surface area (TPSA) is 110 Å². The zero-order chi connectivity index (χ0) is 28.6. The van der Waals surface area contributed by atoms with E-state index in [-0.39, 0.29) is 19.3 Å². The molecule has 14 heteroatoms. The normalized spacial score (nSPS) is 26.9. The molecule has 7 rings (SSSR count). The third-order valence-corrected chi connectivity index (χ3v) is 8.88. The number of piperidine rings is 1. The summed E-state index contributed by atoms with van der Waals surface area (Å²) in [4.78, 5) is 19.5. The minimum absolute atomic E-state index is 0.174. The molecule has 0 radical (unpaired) electrons. The number of ether oxygens (including phenoxy) is 1. The summed E-state index contributed by atoms with van der Waals surface area (Å²) >= 11 is 0. The average molecular weight is 578 g/mol. The number of aliphatic hydroxyl groups is 1. The highest BCUT2D eigenvalue weighted by Gasteiger charge is 2.65. The molecule has 2 saturated carbocycles. The zero-order valence-electron chi connectivity index (χ0n) is 22.3. The highest BCUT2D eigenvalue weighted by Crippen LogP contribution is 2.55. The number of aromatic nitrogens is 5. The number of rotatable bonds is 5. The number of fused-ring (bicyclic) bond motifs is 1. The Balaban J connectivity index is 1.18. The van der Waals surface area contributed by atoms with Gasteiger partial charge in [-0.25, -0.2) is 13.9 Å². The molecule has 2 N–H and O–H groups in total. The number of nitrogens with one attached hydrogen (secondary N) is 1. The van der Waals surface area contributed by atoms with Gasteiger partial charge in [-0.15, -0.1) is 0 Å². The molecule has 220 valence electrons. The molecule has 2 saturated heterocycles. The number of carbonyl (C=O) groups excluding carboxylic acids is 1. The summed E-state index contributed by atoms with van der Waals surface area (Å²) in [5.74, 6) is 0. The van der Waals surface area contributed by atoms with Crippen LogP contribution in [0.25, 0.3) is 22.3 Å². The Bertz CT molecular complexity index is 1490. The van der Waals surface area contributed by atoms with Crippen LogP contribution in [-0.2, 0) is 11.3 Å². The summed E-state index contributed by atoms with van der Waals surface area (Å²) in [5.41, 5.74) is -3.32. The molecule has 0 bridgehead atoms. The zero-order valence-corrected chi connectivity index (χ0v) is 22.3. The second-order valence-corrected chi connectivity index (χ2v) is 12.1. The van der Waals surface area contributed by atoms with Crippen LogP contribution in [0, 0.1) is 0 Å². The lowest BCUT2D eigenvalue weighted by molar-refractivity contribution is -0.277. The first-order valence-corrected chi connectivity index (χ1v) is 14.1. The molecule has 10 nitrogen and oxygen atoms in total. The number of amides is 2. The number of hydrogen-bond donors (Lipinski definition) is 2. The molecule has 1 spiro atoms. The number of hydrogen-bond acceptors (Lipinski definition) is 6. The summed E-state index contributed by atoms with van der Waals surface area (Å²) in [6.45, 7) is 0.527. The van der Waals surface area contributed by atoms with Crippen LogP contribution >= 0.6 is 0 Å². The van der Waals surface area contributed by atoms with Gasteiger partial charge in [-0.05, 0) is 51.0 Å². The molecule has 3 aromatic rings. The predicted octanol–water partition coefficient (Wildman–Crippen LogP) is 4.95. The maximum atomic E-state index is 14.3. The predicted molar refractivity (Wildman–Crippen MR) is 139 cm³/mol. The molecule has 41 heavy (non-hydrogen) atoms. The number of urea groups is 1. The smallest absolute Gasteiger partial charge is 0.380 e. The highest BCUT2D eigenvalue weighted by molar-refractivity contribution is 5.94. The summed E-state index contributed by atoms with van der Waals surface area (Å²) in [7, 11) is 0. The molecule has 4 fully saturated rings. The third-order valence-electron chi connectivity index (χ3n) is 8.88. The Labute approximate surface area is 232 Å². The number of likely N-dealkylation sites (tertiary alicyclic amines) is 1. The van der Waals surface area contributed by atoms with Crippen LogP contribution in [0.4, 0.5) is 28.0 Å². The van der Waals surface area contributed by atoms with Crippen molar-refractivity contribution in [1.82, 2.24) is 29.4 Å². The van der Waals surface area contributed by atoms with E-state index in [9.17, 15) is 27.5 Å². The molecule has 5 heterocycles. The second kappa shape index (κ2) is 9.12. The van der Waals surface area contributed by atoms with E-state index < -0.39 is 41.9 Å². The first-order chi connectivity index (χ1) is 19.5. The van der Waals surface area contributed by atoms with E-state index in [1.165, 1.54) is 4.90 Å². The molecular weight excluding hydrogens is 546 g/mol. The SMILES string of the molecule is O=C(Nc1cn(C2CCCCO2)nc1-c1cc2nn(CC3(F)CC3)cc2cn1)N1CC[C@](O)(C(F)(F)F)CC12CC2. The maximum absolute atomic E-state index is 14.3. The lowest BCUT2D eigenvalue weighted by Gasteiger charge is -2.45. The number of alkyl halides is 4. The fourth-order valence-corrected chi connectivity index (χ4v) is 6.11. The van der Waals surface area contributed by atoms with Crippen LogP contribution in [0.2, 0.25) is 0 Å². The van der Waals surface area contributed by atoms with Crippen LogP contribution in [0.3, 0.4) is 0 Å². The number of anilines is 1. The highest BCUT2D eigenvalue weighted by atomic mass is 19.4. The summed E-state index contributed by atoms with van der Waals surface area (Å²) in [6, 6.07) is 1.17. The quantitative estimate of drug-likeness (QED) is 0.416. The van der Waals surface area contributed by atoms with E-state index in [1.807, 2.05) is 0 Å². The van der Waals surface area contributed by atoms with Crippen molar-refractivity contribution in [2.45, 2.75) is 93.5 Å². The molecule has 2 amide bonds. The first-order valence-electron chi connectivity index (χ1n) is 14.1. The van der Waals surface area contributed by atoms with Crippen LogP contribution in [0.15, 0.2) is 24.7 Å². The Hall–Kier alpha value is -3.26. The molecular formula is C27H31F4N7O3. The second-order valence-electron chi connectivity index (χ2n) is 12.1. The van der Waals surface area contributed by atoms with Crippen LogP contribution in [-0.4, -0.2) is 76.7 Å². The van der Waals surface area contributed by atoms with Gasteiger partial charge in [0.05, 0.1) is 29.6 Å². The first kappa shape index (κ1) is 26.6. The van der Waals surface area contributed by atoms with Gasteiger partial charge in [0, 0.05) is 49.3 Å². The molecule has 3 aromatic heterocycles. The largest absolute Gasteiger partial charge is 0.417 e. The van der Waals surface area contributed by atoms with Crippen molar-refractivity contribution in [2.24, 2.45) is 0 Å². The van der Waals surface area contributed by atoms with Crippen molar-refractivity contribution < 1.29 is 32.2 Å². The molecule has 0 aromatic carbocycles. The molecule has 2 aliphatic carbocycles. The van der Waals surface area contributed by atoms with Gasteiger partial charge in [0.1, 0.15) is 17.6 Å². The Morgan fingerprint density at radius 3 is 2.63 bits per heavy atom. The minimum Gasteiger partial charge on any atom is -0.380 e. The van der Waals surface area contributed by atoms with Crippen LogP contribution in [0.1, 0.15) is 64.0 Å². The van der Waals surface area contributed by atoms with E-state index in [0.29, 0.717) is 54.9 Å². The van der Waals surface area contributed by atoms with E-state index in [1.54, 1.807) is 34.0 Å². The summed E-state index contributed by atoms with van der Waals surface area (Å²) in [6.07, 6.45) is 3.25. The van der Waals surface area contributed by atoms with E-state index in [4.69, 9.17) is 9.84 Å². The fraction of sp³-hybridized carbons (Fsp3) is 0.630. The van der Waals surface area contributed by atoms with Gasteiger partial charge in [-0.2, -0.15) is 23.4 Å². The van der Waals surface area contributed by atoms with E-state index in [0.717, 1.165) is 24.6 Å². The van der Waals surface area contributed by atoms with Gasteiger partial charge in [0.2, 0.25) is 0 Å². The Morgan fingerprint density at radius 2 is 1.95 bits per heavy atom. The van der Waals surface area contributed by atoms with Crippen molar-refractivity contribution >= 4 is 22.6 Å². The lowest BCUT2D eigenvalue weighted by Crippen LogP contribution is -2.60. The van der Waals surface area contributed by atoms with E-state index >= 15 is 0 Å². The average Bonchev–Trinajstić information content (AvgIpc) is 3.75. The van der Waals surface area contributed by atoms with Crippen molar-refractivity contribution in [1.29, 1.82) is 0 Å². The molecule has 2 atom stereocenters.